The molecule has 2 aliphatic rings. The average molecular weight is 449 g/mol. The summed E-state index contributed by atoms with van der Waals surface area (Å²) in [5.74, 6) is 1.81. The summed E-state index contributed by atoms with van der Waals surface area (Å²) in [5, 5.41) is 13.4. The Bertz CT molecular complexity index is 1110. The minimum Gasteiger partial charge on any atom is -0.497 e. The highest BCUT2D eigenvalue weighted by atomic mass is 16.5. The number of ether oxygens (including phenoxy) is 3. The second kappa shape index (κ2) is 9.54. The fourth-order valence-corrected chi connectivity index (χ4v) is 4.32. The van der Waals surface area contributed by atoms with E-state index >= 15 is 0 Å². The van der Waals surface area contributed by atoms with E-state index in [1.807, 2.05) is 42.6 Å². The number of hydrogen-bond donors (Lipinski definition) is 3. The molecule has 1 saturated heterocycles. The summed E-state index contributed by atoms with van der Waals surface area (Å²) in [7, 11) is 1.63. The fraction of sp³-hybridized carbons (Fsp3) is 0.360. The maximum absolute atomic E-state index is 13.2. The molecule has 8 heteroatoms. The Morgan fingerprint density at radius 3 is 2.97 bits per heavy atom. The number of anilines is 1. The van der Waals surface area contributed by atoms with Crippen molar-refractivity contribution in [2.24, 2.45) is 5.92 Å². The molecule has 3 N–H and O–H groups in total. The number of H-pyrrole nitrogens is 1. The van der Waals surface area contributed by atoms with Crippen molar-refractivity contribution in [1.82, 2.24) is 15.5 Å². The molecule has 5 rings (SSSR count). The number of carbonyl (C=O) groups excluding carboxylic acids is 1. The van der Waals surface area contributed by atoms with Crippen LogP contribution < -0.4 is 24.8 Å². The summed E-state index contributed by atoms with van der Waals surface area (Å²) in [6.07, 6.45) is 6.43. The Morgan fingerprint density at radius 2 is 2.18 bits per heavy atom. The number of nitrogens with one attached hydrogen (secondary N) is 3. The van der Waals surface area contributed by atoms with E-state index < -0.39 is 0 Å². The van der Waals surface area contributed by atoms with Crippen LogP contribution in [0.3, 0.4) is 0 Å². The Kier molecular flexibility index (Phi) is 6.17. The molecule has 0 aliphatic carbocycles. The van der Waals surface area contributed by atoms with E-state index in [0.717, 1.165) is 47.6 Å². The molecule has 172 valence electrons. The van der Waals surface area contributed by atoms with Gasteiger partial charge in [0.05, 0.1) is 24.9 Å². The zero-order valence-electron chi connectivity index (χ0n) is 18.6. The molecule has 3 heterocycles. The first kappa shape index (κ1) is 21.3. The van der Waals surface area contributed by atoms with E-state index in [2.05, 4.69) is 20.8 Å². The monoisotopic (exact) mass is 448 g/mol. The highest BCUT2D eigenvalue weighted by Crippen LogP contribution is 2.34. The van der Waals surface area contributed by atoms with Crippen molar-refractivity contribution in [2.75, 3.05) is 32.2 Å². The lowest BCUT2D eigenvalue weighted by atomic mass is 9.95. The number of aromatic amines is 1. The van der Waals surface area contributed by atoms with Crippen LogP contribution in [0.15, 0.2) is 48.8 Å². The third-order valence-electron chi connectivity index (χ3n) is 6.22. The number of methoxy groups -OCH3 is 1. The first-order valence-electron chi connectivity index (χ1n) is 11.3. The fourth-order valence-electron chi connectivity index (χ4n) is 4.32. The van der Waals surface area contributed by atoms with Crippen molar-refractivity contribution in [2.45, 2.75) is 25.3 Å². The lowest BCUT2D eigenvalue weighted by molar-refractivity contribution is -0.121. The van der Waals surface area contributed by atoms with E-state index in [9.17, 15) is 4.79 Å². The molecule has 1 amide bonds. The highest BCUT2D eigenvalue weighted by molar-refractivity contribution is 5.95. The van der Waals surface area contributed by atoms with Gasteiger partial charge in [0, 0.05) is 17.8 Å². The maximum Gasteiger partial charge on any atom is 0.231 e. The van der Waals surface area contributed by atoms with Crippen LogP contribution in [0.2, 0.25) is 0 Å². The molecular weight excluding hydrogens is 420 g/mol. The number of carbonyl (C=O) groups is 1. The van der Waals surface area contributed by atoms with Crippen molar-refractivity contribution in [3.63, 3.8) is 0 Å². The molecule has 2 aliphatic heterocycles. The summed E-state index contributed by atoms with van der Waals surface area (Å²) in [4.78, 5) is 13.2. The first-order valence-corrected chi connectivity index (χ1v) is 11.3. The summed E-state index contributed by atoms with van der Waals surface area (Å²) in [6.45, 7) is 1.90. The predicted octanol–water partition coefficient (Wildman–Crippen LogP) is 3.41. The van der Waals surface area contributed by atoms with E-state index in [1.165, 1.54) is 0 Å². The standard InChI is InChI=1S/C25H28N4O4/c1-31-21-5-7-23-17(10-21)9-18(14-32-23)25(30)29-22-6-4-16(19-12-27-28-13-19)11-24(22)33-15-20-3-2-8-26-20/h4-7,10-13,18,20,26H,2-3,8-9,14-15H2,1H3,(H,27,28)(H,29,30)/t18?,20-/m0/s1. The molecule has 1 aromatic heterocycles. The van der Waals surface area contributed by atoms with E-state index in [0.29, 0.717) is 37.1 Å². The Morgan fingerprint density at radius 1 is 1.24 bits per heavy atom. The second-order valence-corrected chi connectivity index (χ2v) is 8.48. The molecule has 0 bridgehead atoms. The first-order chi connectivity index (χ1) is 16.2. The Balaban J connectivity index is 1.33. The summed E-state index contributed by atoms with van der Waals surface area (Å²) in [6, 6.07) is 11.8. The van der Waals surface area contributed by atoms with Crippen LogP contribution in [0, 0.1) is 5.92 Å². The quantitative estimate of drug-likeness (QED) is 0.513. The number of benzene rings is 2. The van der Waals surface area contributed by atoms with Gasteiger partial charge in [-0.25, -0.2) is 0 Å². The predicted molar refractivity (Wildman–Crippen MR) is 125 cm³/mol. The van der Waals surface area contributed by atoms with Crippen LogP contribution in [0.1, 0.15) is 18.4 Å². The van der Waals surface area contributed by atoms with Gasteiger partial charge in [-0.05, 0) is 67.3 Å². The third-order valence-corrected chi connectivity index (χ3v) is 6.22. The molecule has 33 heavy (non-hydrogen) atoms. The van der Waals surface area contributed by atoms with E-state index in [-0.39, 0.29) is 11.8 Å². The highest BCUT2D eigenvalue weighted by Gasteiger charge is 2.27. The molecule has 0 spiro atoms. The van der Waals surface area contributed by atoms with Gasteiger partial charge in [0.25, 0.3) is 0 Å². The Labute approximate surface area is 192 Å². The molecular formula is C25H28N4O4. The van der Waals surface area contributed by atoms with Gasteiger partial charge < -0.3 is 24.8 Å². The number of rotatable bonds is 7. The van der Waals surface area contributed by atoms with E-state index in [1.54, 1.807) is 13.3 Å². The lowest BCUT2D eigenvalue weighted by Gasteiger charge is -2.25. The molecule has 2 aromatic carbocycles. The number of hydrogen-bond acceptors (Lipinski definition) is 6. The van der Waals surface area contributed by atoms with Gasteiger partial charge in [0.2, 0.25) is 5.91 Å². The van der Waals surface area contributed by atoms with Crippen molar-refractivity contribution < 1.29 is 19.0 Å². The maximum atomic E-state index is 13.2. The van der Waals surface area contributed by atoms with Gasteiger partial charge in [0.15, 0.2) is 0 Å². The normalized spacial score (nSPS) is 19.4. The molecule has 3 aromatic rings. The van der Waals surface area contributed by atoms with Gasteiger partial charge in [-0.2, -0.15) is 5.10 Å². The zero-order valence-corrected chi connectivity index (χ0v) is 18.6. The summed E-state index contributed by atoms with van der Waals surface area (Å²) < 4.78 is 17.3. The van der Waals surface area contributed by atoms with Crippen molar-refractivity contribution >= 4 is 11.6 Å². The van der Waals surface area contributed by atoms with Crippen LogP contribution >= 0.6 is 0 Å². The molecule has 0 radical (unpaired) electrons. The van der Waals surface area contributed by atoms with E-state index in [4.69, 9.17) is 14.2 Å². The lowest BCUT2D eigenvalue weighted by Crippen LogP contribution is -2.33. The minimum absolute atomic E-state index is 0.0941. The minimum atomic E-state index is -0.303. The largest absolute Gasteiger partial charge is 0.497 e. The third kappa shape index (κ3) is 4.80. The smallest absolute Gasteiger partial charge is 0.231 e. The van der Waals surface area contributed by atoms with Gasteiger partial charge in [-0.15, -0.1) is 0 Å². The molecule has 2 atom stereocenters. The molecule has 0 saturated carbocycles. The summed E-state index contributed by atoms with van der Waals surface area (Å²) >= 11 is 0. The van der Waals surface area contributed by atoms with Gasteiger partial charge in [0.1, 0.15) is 30.5 Å². The van der Waals surface area contributed by atoms with Gasteiger partial charge >= 0.3 is 0 Å². The van der Waals surface area contributed by atoms with Crippen molar-refractivity contribution in [3.8, 4) is 28.4 Å². The number of nitrogens with zero attached hydrogens (tertiary/aromatic N) is 1. The van der Waals surface area contributed by atoms with Crippen molar-refractivity contribution in [3.05, 3.63) is 54.4 Å². The summed E-state index contributed by atoms with van der Waals surface area (Å²) in [5.41, 5.74) is 3.56. The Hall–Kier alpha value is -3.52. The second-order valence-electron chi connectivity index (χ2n) is 8.48. The van der Waals surface area contributed by atoms with Crippen molar-refractivity contribution in [1.29, 1.82) is 0 Å². The van der Waals surface area contributed by atoms with Gasteiger partial charge in [-0.3, -0.25) is 9.89 Å². The topological polar surface area (TPSA) is 97.5 Å². The van der Waals surface area contributed by atoms with Crippen LogP contribution in [-0.2, 0) is 11.2 Å². The van der Waals surface area contributed by atoms with Gasteiger partial charge in [-0.1, -0.05) is 6.07 Å². The molecule has 1 fully saturated rings. The van der Waals surface area contributed by atoms with Crippen LogP contribution in [0.4, 0.5) is 5.69 Å². The van der Waals surface area contributed by atoms with Crippen LogP contribution in [-0.4, -0.2) is 49.0 Å². The number of amides is 1. The molecule has 8 nitrogen and oxygen atoms in total. The van der Waals surface area contributed by atoms with Crippen LogP contribution in [0.5, 0.6) is 17.2 Å². The SMILES string of the molecule is COc1ccc2c(c1)CC(C(=O)Nc1ccc(-c3cn[nH]c3)cc1OC[C@@H]1CCCN1)CO2. The number of fused-ring (bicyclic) bond motifs is 1. The van der Waals surface area contributed by atoms with Crippen LogP contribution in [0.25, 0.3) is 11.1 Å². The molecule has 1 unspecified atom stereocenters. The average Bonchev–Trinajstić information content (AvgIpc) is 3.57. The number of aromatic nitrogens is 2. The zero-order chi connectivity index (χ0) is 22.6.